The SMILES string of the molecule is Cc1cc(C(N)=S)cc(N2CCCC(C)(O)C2)n1. The number of aryl methyl sites for hydroxylation is 1. The van der Waals surface area contributed by atoms with Gasteiger partial charge in [-0.25, -0.2) is 4.98 Å². The number of aromatic nitrogens is 1. The number of piperidine rings is 1. The van der Waals surface area contributed by atoms with Crippen molar-refractivity contribution in [3.8, 4) is 0 Å². The minimum absolute atomic E-state index is 0.380. The third kappa shape index (κ3) is 2.97. The van der Waals surface area contributed by atoms with E-state index in [0.717, 1.165) is 36.5 Å². The van der Waals surface area contributed by atoms with Crippen LogP contribution in [0.4, 0.5) is 5.82 Å². The molecule has 0 aliphatic carbocycles. The van der Waals surface area contributed by atoms with Crippen molar-refractivity contribution < 1.29 is 5.11 Å². The summed E-state index contributed by atoms with van der Waals surface area (Å²) in [5.41, 5.74) is 6.74. The minimum atomic E-state index is -0.646. The number of rotatable bonds is 2. The lowest BCUT2D eigenvalue weighted by Gasteiger charge is -2.37. The number of nitrogens with two attached hydrogens (primary N) is 1. The zero-order valence-corrected chi connectivity index (χ0v) is 11.6. The second-order valence-electron chi connectivity index (χ2n) is 5.24. The first-order valence-electron chi connectivity index (χ1n) is 6.13. The molecule has 2 heterocycles. The number of hydrogen-bond acceptors (Lipinski definition) is 4. The van der Waals surface area contributed by atoms with Crippen molar-refractivity contribution in [2.75, 3.05) is 18.0 Å². The summed E-state index contributed by atoms with van der Waals surface area (Å²) < 4.78 is 0. The molecule has 98 valence electrons. The van der Waals surface area contributed by atoms with E-state index in [1.54, 1.807) is 0 Å². The summed E-state index contributed by atoms with van der Waals surface area (Å²) in [6, 6.07) is 3.78. The van der Waals surface area contributed by atoms with E-state index in [4.69, 9.17) is 18.0 Å². The monoisotopic (exact) mass is 265 g/mol. The molecule has 0 amide bonds. The topological polar surface area (TPSA) is 62.4 Å². The molecule has 1 unspecified atom stereocenters. The van der Waals surface area contributed by atoms with Gasteiger partial charge in [0.1, 0.15) is 10.8 Å². The van der Waals surface area contributed by atoms with Gasteiger partial charge >= 0.3 is 0 Å². The van der Waals surface area contributed by atoms with E-state index >= 15 is 0 Å². The van der Waals surface area contributed by atoms with Crippen molar-refractivity contribution >= 4 is 23.0 Å². The highest BCUT2D eigenvalue weighted by Gasteiger charge is 2.29. The molecule has 0 aromatic carbocycles. The van der Waals surface area contributed by atoms with Crippen LogP contribution in [-0.4, -0.2) is 33.8 Å². The normalized spacial score (nSPS) is 24.1. The fourth-order valence-corrected chi connectivity index (χ4v) is 2.49. The van der Waals surface area contributed by atoms with Gasteiger partial charge in [0, 0.05) is 24.3 Å². The summed E-state index contributed by atoms with van der Waals surface area (Å²) in [4.78, 5) is 6.98. The summed E-state index contributed by atoms with van der Waals surface area (Å²) in [5, 5.41) is 10.1. The van der Waals surface area contributed by atoms with Gasteiger partial charge in [0.05, 0.1) is 5.60 Å². The highest BCUT2D eigenvalue weighted by Crippen LogP contribution is 2.25. The smallest absolute Gasteiger partial charge is 0.129 e. The van der Waals surface area contributed by atoms with E-state index in [9.17, 15) is 5.11 Å². The van der Waals surface area contributed by atoms with Gasteiger partial charge in [-0.2, -0.15) is 0 Å². The Bertz CT molecular complexity index is 473. The average Bonchev–Trinajstić information content (AvgIpc) is 2.26. The lowest BCUT2D eigenvalue weighted by atomic mass is 9.95. The molecule has 1 aliphatic heterocycles. The molecule has 0 bridgehead atoms. The third-order valence-electron chi connectivity index (χ3n) is 3.22. The second-order valence-corrected chi connectivity index (χ2v) is 5.68. The molecule has 1 aromatic heterocycles. The summed E-state index contributed by atoms with van der Waals surface area (Å²) in [5.74, 6) is 0.845. The second kappa shape index (κ2) is 4.82. The van der Waals surface area contributed by atoms with Crippen LogP contribution in [0.3, 0.4) is 0 Å². The van der Waals surface area contributed by atoms with E-state index in [2.05, 4.69) is 9.88 Å². The Morgan fingerprint density at radius 1 is 1.56 bits per heavy atom. The molecule has 1 fully saturated rings. The number of nitrogens with zero attached hydrogens (tertiary/aromatic N) is 2. The standard InChI is InChI=1S/C13H19N3OS/c1-9-6-10(12(14)18)7-11(15-9)16-5-3-4-13(2,17)8-16/h6-7,17H,3-5,8H2,1-2H3,(H2,14,18). The molecule has 1 atom stereocenters. The first-order chi connectivity index (χ1) is 8.37. The van der Waals surface area contributed by atoms with Gasteiger partial charge in [0.25, 0.3) is 0 Å². The van der Waals surface area contributed by atoms with Gasteiger partial charge < -0.3 is 15.7 Å². The molecular formula is C13H19N3OS. The Morgan fingerprint density at radius 3 is 2.89 bits per heavy atom. The zero-order valence-electron chi connectivity index (χ0n) is 10.8. The maximum Gasteiger partial charge on any atom is 0.129 e. The van der Waals surface area contributed by atoms with Crippen molar-refractivity contribution in [1.29, 1.82) is 0 Å². The Labute approximate surface area is 113 Å². The largest absolute Gasteiger partial charge is 0.389 e. The number of pyridine rings is 1. The summed E-state index contributed by atoms with van der Waals surface area (Å²) in [6.45, 7) is 5.29. The fraction of sp³-hybridized carbons (Fsp3) is 0.538. The number of aliphatic hydroxyl groups is 1. The van der Waals surface area contributed by atoms with Gasteiger partial charge in [-0.05, 0) is 38.8 Å². The Hall–Kier alpha value is -1.20. The van der Waals surface area contributed by atoms with Gasteiger partial charge in [-0.1, -0.05) is 12.2 Å². The van der Waals surface area contributed by atoms with Gasteiger partial charge in [0.2, 0.25) is 0 Å². The van der Waals surface area contributed by atoms with Crippen molar-refractivity contribution in [2.45, 2.75) is 32.3 Å². The van der Waals surface area contributed by atoms with Gasteiger partial charge in [0.15, 0.2) is 0 Å². The number of thiocarbonyl (C=S) groups is 1. The predicted molar refractivity (Wildman–Crippen MR) is 76.9 cm³/mol. The van der Waals surface area contributed by atoms with Crippen LogP contribution in [0.15, 0.2) is 12.1 Å². The molecule has 0 spiro atoms. The van der Waals surface area contributed by atoms with Crippen molar-refractivity contribution in [2.24, 2.45) is 5.73 Å². The van der Waals surface area contributed by atoms with E-state index in [0.29, 0.717) is 11.5 Å². The Kier molecular flexibility index (Phi) is 3.54. The van der Waals surface area contributed by atoms with Gasteiger partial charge in [-0.15, -0.1) is 0 Å². The minimum Gasteiger partial charge on any atom is -0.389 e. The highest BCUT2D eigenvalue weighted by atomic mass is 32.1. The maximum absolute atomic E-state index is 10.1. The first-order valence-corrected chi connectivity index (χ1v) is 6.54. The van der Waals surface area contributed by atoms with Crippen LogP contribution >= 0.6 is 12.2 Å². The maximum atomic E-state index is 10.1. The van der Waals surface area contributed by atoms with Crippen LogP contribution in [-0.2, 0) is 0 Å². The van der Waals surface area contributed by atoms with Crippen molar-refractivity contribution in [1.82, 2.24) is 4.98 Å². The van der Waals surface area contributed by atoms with E-state index in [1.807, 2.05) is 26.0 Å². The molecule has 0 radical (unpaired) electrons. The van der Waals surface area contributed by atoms with E-state index < -0.39 is 5.60 Å². The van der Waals surface area contributed by atoms with Crippen molar-refractivity contribution in [3.63, 3.8) is 0 Å². The lowest BCUT2D eigenvalue weighted by molar-refractivity contribution is 0.0447. The van der Waals surface area contributed by atoms with Crippen LogP contribution < -0.4 is 10.6 Å². The van der Waals surface area contributed by atoms with Crippen molar-refractivity contribution in [3.05, 3.63) is 23.4 Å². The van der Waals surface area contributed by atoms with Crippen LogP contribution in [0, 0.1) is 6.92 Å². The Morgan fingerprint density at radius 2 is 2.28 bits per heavy atom. The molecule has 1 aromatic rings. The highest BCUT2D eigenvalue weighted by molar-refractivity contribution is 7.80. The first kappa shape index (κ1) is 13.2. The molecule has 0 saturated carbocycles. The van der Waals surface area contributed by atoms with E-state index in [-0.39, 0.29) is 0 Å². The lowest BCUT2D eigenvalue weighted by Crippen LogP contribution is -2.46. The molecular weight excluding hydrogens is 246 g/mol. The summed E-state index contributed by atoms with van der Waals surface area (Å²) in [7, 11) is 0. The van der Waals surface area contributed by atoms with Crippen LogP contribution in [0.25, 0.3) is 0 Å². The van der Waals surface area contributed by atoms with E-state index in [1.165, 1.54) is 0 Å². The molecule has 3 N–H and O–H groups in total. The molecule has 1 saturated heterocycles. The quantitative estimate of drug-likeness (QED) is 0.791. The van der Waals surface area contributed by atoms with Crippen LogP contribution in [0.2, 0.25) is 0 Å². The molecule has 2 rings (SSSR count). The zero-order chi connectivity index (χ0) is 13.3. The number of hydrogen-bond donors (Lipinski definition) is 2. The molecule has 5 heteroatoms. The number of anilines is 1. The average molecular weight is 265 g/mol. The summed E-state index contributed by atoms with van der Waals surface area (Å²) in [6.07, 6.45) is 1.79. The van der Waals surface area contributed by atoms with Crippen LogP contribution in [0.5, 0.6) is 0 Å². The molecule has 18 heavy (non-hydrogen) atoms. The number of β-amino-alcohol motifs (C(OH)–C–C–N with tert-alkyl or cyclic N) is 1. The Balaban J connectivity index is 2.30. The fourth-order valence-electron chi connectivity index (χ4n) is 2.37. The molecule has 4 nitrogen and oxygen atoms in total. The van der Waals surface area contributed by atoms with Gasteiger partial charge in [-0.3, -0.25) is 0 Å². The van der Waals surface area contributed by atoms with Crippen LogP contribution in [0.1, 0.15) is 31.0 Å². The molecule has 1 aliphatic rings. The third-order valence-corrected chi connectivity index (χ3v) is 3.46. The predicted octanol–water partition coefficient (Wildman–Crippen LogP) is 1.38. The summed E-state index contributed by atoms with van der Waals surface area (Å²) >= 11 is 5.01.